The second-order valence-electron chi connectivity index (χ2n) is 4.40. The summed E-state index contributed by atoms with van der Waals surface area (Å²) in [5.41, 5.74) is 1.80. The van der Waals surface area contributed by atoms with Crippen molar-refractivity contribution in [3.8, 4) is 0 Å². The molecule has 0 saturated heterocycles. The summed E-state index contributed by atoms with van der Waals surface area (Å²) in [7, 11) is 0. The van der Waals surface area contributed by atoms with Crippen LogP contribution >= 0.6 is 0 Å². The zero-order valence-corrected chi connectivity index (χ0v) is 10.8. The number of hydrogen-bond acceptors (Lipinski definition) is 1. The predicted octanol–water partition coefficient (Wildman–Crippen LogP) is 3.98. The number of hydrogen-bond donors (Lipinski definition) is 0. The average Bonchev–Trinajstić information content (AvgIpc) is 2.38. The third-order valence-corrected chi connectivity index (χ3v) is 2.92. The maximum atomic E-state index is 11.5. The number of fused-ring (bicyclic) bond motifs is 1. The van der Waals surface area contributed by atoms with E-state index in [1.54, 1.807) is 0 Å². The molecule has 0 fully saturated rings. The van der Waals surface area contributed by atoms with Gasteiger partial charge in [0, 0.05) is 12.1 Å². The van der Waals surface area contributed by atoms with Gasteiger partial charge in [0.1, 0.15) is 0 Å². The van der Waals surface area contributed by atoms with Gasteiger partial charge in [0.25, 0.3) is 0 Å². The van der Waals surface area contributed by atoms with Crippen molar-refractivity contribution in [2.24, 2.45) is 4.99 Å². The molecule has 2 nitrogen and oxygen atoms in total. The van der Waals surface area contributed by atoms with E-state index >= 15 is 0 Å². The number of benzene rings is 2. The van der Waals surface area contributed by atoms with E-state index in [4.69, 9.17) is 0 Å². The van der Waals surface area contributed by atoms with Crippen molar-refractivity contribution in [3.63, 3.8) is 0 Å². The van der Waals surface area contributed by atoms with Gasteiger partial charge >= 0.3 is 0 Å². The Morgan fingerprint density at radius 3 is 2.56 bits per heavy atom. The lowest BCUT2D eigenvalue weighted by atomic mass is 10.0. The Kier molecular flexibility index (Phi) is 3.88. The third-order valence-electron chi connectivity index (χ3n) is 2.92. The molecule has 0 atom stereocenters. The Morgan fingerprint density at radius 1 is 1.11 bits per heavy atom. The third kappa shape index (κ3) is 2.83. The van der Waals surface area contributed by atoms with Gasteiger partial charge in [-0.1, -0.05) is 43.3 Å². The van der Waals surface area contributed by atoms with Crippen molar-refractivity contribution in [1.29, 1.82) is 0 Å². The van der Waals surface area contributed by atoms with Crippen molar-refractivity contribution in [3.05, 3.63) is 48.0 Å². The number of aliphatic imine (C=N–C) groups is 1. The molecule has 0 N–H and O–H groups in total. The summed E-state index contributed by atoms with van der Waals surface area (Å²) in [5, 5.41) is 2.38. The van der Waals surface area contributed by atoms with Crippen LogP contribution in [0, 0.1) is 0 Å². The first-order chi connectivity index (χ1) is 8.70. The lowest BCUT2D eigenvalue weighted by molar-refractivity contribution is -0.117. The van der Waals surface area contributed by atoms with Crippen LogP contribution in [0.2, 0.25) is 0 Å². The molecule has 2 aromatic rings. The highest BCUT2D eigenvalue weighted by atomic mass is 16.1. The first-order valence-corrected chi connectivity index (χ1v) is 6.28. The molecule has 2 aromatic carbocycles. The van der Waals surface area contributed by atoms with Crippen molar-refractivity contribution in [2.75, 3.05) is 0 Å². The molecule has 92 valence electrons. The number of carbonyl (C=O) groups is 1. The zero-order valence-electron chi connectivity index (χ0n) is 10.8. The van der Waals surface area contributed by atoms with Crippen molar-refractivity contribution < 1.29 is 4.79 Å². The fourth-order valence-corrected chi connectivity index (χ4v) is 1.94. The van der Waals surface area contributed by atoms with Crippen LogP contribution in [-0.2, 0) is 4.79 Å². The van der Waals surface area contributed by atoms with E-state index < -0.39 is 0 Å². The van der Waals surface area contributed by atoms with Gasteiger partial charge in [-0.2, -0.15) is 0 Å². The summed E-state index contributed by atoms with van der Waals surface area (Å²) in [4.78, 5) is 15.6. The summed E-state index contributed by atoms with van der Waals surface area (Å²) in [6, 6.07) is 14.3. The predicted molar refractivity (Wildman–Crippen MR) is 76.1 cm³/mol. The number of carbonyl (C=O) groups excluding carboxylic acids is 1. The Labute approximate surface area is 107 Å². The van der Waals surface area contributed by atoms with Crippen LogP contribution in [0.5, 0.6) is 0 Å². The molecular formula is C16H17NO. The van der Waals surface area contributed by atoms with Gasteiger partial charge in [-0.15, -0.1) is 0 Å². The monoisotopic (exact) mass is 239 g/mol. The van der Waals surface area contributed by atoms with Crippen molar-refractivity contribution >= 4 is 22.4 Å². The quantitative estimate of drug-likeness (QED) is 0.745. The molecular weight excluding hydrogens is 222 g/mol. The highest BCUT2D eigenvalue weighted by Gasteiger charge is 2.02. The Bertz CT molecular complexity index is 599. The van der Waals surface area contributed by atoms with Crippen LogP contribution in [0.4, 0.5) is 0 Å². The first kappa shape index (κ1) is 12.5. The number of rotatable bonds is 3. The average molecular weight is 239 g/mol. The van der Waals surface area contributed by atoms with Gasteiger partial charge in [0.15, 0.2) is 0 Å². The second-order valence-corrected chi connectivity index (χ2v) is 4.40. The fraction of sp³-hybridized carbons (Fsp3) is 0.250. The molecule has 0 spiro atoms. The normalized spacial score (nSPS) is 11.8. The summed E-state index contributed by atoms with van der Waals surface area (Å²) < 4.78 is 0. The van der Waals surface area contributed by atoms with Gasteiger partial charge in [0.05, 0.1) is 0 Å². The summed E-state index contributed by atoms with van der Waals surface area (Å²) >= 11 is 0. The van der Waals surface area contributed by atoms with Gasteiger partial charge in [0.2, 0.25) is 5.91 Å². The van der Waals surface area contributed by atoms with Crippen LogP contribution in [-0.4, -0.2) is 11.6 Å². The first-order valence-electron chi connectivity index (χ1n) is 6.28. The molecule has 0 bridgehead atoms. The van der Waals surface area contributed by atoms with Crippen LogP contribution in [0.15, 0.2) is 47.5 Å². The topological polar surface area (TPSA) is 29.4 Å². The highest BCUT2D eigenvalue weighted by molar-refractivity contribution is 6.06. The zero-order chi connectivity index (χ0) is 13.0. The maximum Gasteiger partial charge on any atom is 0.245 e. The molecule has 0 unspecified atom stereocenters. The van der Waals surface area contributed by atoms with Gasteiger partial charge in [-0.25, -0.2) is 4.99 Å². The molecule has 0 aliphatic heterocycles. The van der Waals surface area contributed by atoms with E-state index in [0.29, 0.717) is 6.42 Å². The second kappa shape index (κ2) is 5.58. The van der Waals surface area contributed by atoms with Crippen LogP contribution in [0.25, 0.3) is 10.8 Å². The molecule has 2 rings (SSSR count). The van der Waals surface area contributed by atoms with E-state index in [1.165, 1.54) is 10.8 Å². The maximum absolute atomic E-state index is 11.5. The van der Waals surface area contributed by atoms with Crippen molar-refractivity contribution in [1.82, 2.24) is 0 Å². The van der Waals surface area contributed by atoms with E-state index in [9.17, 15) is 4.79 Å². The number of amides is 1. The molecule has 0 aliphatic carbocycles. The highest BCUT2D eigenvalue weighted by Crippen LogP contribution is 2.16. The SMILES string of the molecule is CCCC(=O)/N=C(\C)c1ccc2ccccc2c1. The largest absolute Gasteiger partial charge is 0.273 e. The Morgan fingerprint density at radius 2 is 1.83 bits per heavy atom. The lowest BCUT2D eigenvalue weighted by Crippen LogP contribution is -2.01. The Hall–Kier alpha value is -1.96. The van der Waals surface area contributed by atoms with E-state index in [2.05, 4.69) is 29.3 Å². The smallest absolute Gasteiger partial charge is 0.245 e. The molecule has 2 heteroatoms. The van der Waals surface area contributed by atoms with Gasteiger partial charge in [-0.3, -0.25) is 4.79 Å². The standard InChI is InChI=1S/C16H17NO/c1-3-6-16(18)17-12(2)14-10-9-13-7-4-5-8-15(13)11-14/h4-5,7-11H,3,6H2,1-2H3/b17-12+. The minimum atomic E-state index is -0.0387. The van der Waals surface area contributed by atoms with E-state index in [1.807, 2.05) is 32.0 Å². The van der Waals surface area contributed by atoms with Gasteiger partial charge < -0.3 is 0 Å². The summed E-state index contributed by atoms with van der Waals surface area (Å²) in [6.45, 7) is 3.87. The molecule has 0 radical (unpaired) electrons. The Balaban J connectivity index is 2.33. The number of nitrogens with zero attached hydrogens (tertiary/aromatic N) is 1. The molecule has 0 aromatic heterocycles. The van der Waals surface area contributed by atoms with Crippen molar-refractivity contribution in [2.45, 2.75) is 26.7 Å². The molecule has 0 aliphatic rings. The molecule has 0 saturated carbocycles. The van der Waals surface area contributed by atoms with Crippen LogP contribution < -0.4 is 0 Å². The fourth-order valence-electron chi connectivity index (χ4n) is 1.94. The van der Waals surface area contributed by atoms with Crippen LogP contribution in [0.3, 0.4) is 0 Å². The lowest BCUT2D eigenvalue weighted by Gasteiger charge is -2.03. The summed E-state index contributed by atoms with van der Waals surface area (Å²) in [5.74, 6) is -0.0387. The molecule has 1 amide bonds. The minimum absolute atomic E-state index is 0.0387. The van der Waals surface area contributed by atoms with Gasteiger partial charge in [-0.05, 0) is 35.7 Å². The van der Waals surface area contributed by atoms with Crippen LogP contribution in [0.1, 0.15) is 32.3 Å². The minimum Gasteiger partial charge on any atom is -0.273 e. The molecule has 0 heterocycles. The van der Waals surface area contributed by atoms with E-state index in [-0.39, 0.29) is 5.91 Å². The summed E-state index contributed by atoms with van der Waals surface area (Å²) in [6.07, 6.45) is 1.36. The van der Waals surface area contributed by atoms with E-state index in [0.717, 1.165) is 17.7 Å². The molecule has 18 heavy (non-hydrogen) atoms.